The summed E-state index contributed by atoms with van der Waals surface area (Å²) in [5.41, 5.74) is 1.60. The maximum absolute atomic E-state index is 11.2. The van der Waals surface area contributed by atoms with E-state index in [1.54, 1.807) is 12.5 Å². The largest absolute Gasteiger partial charge is 0.300 e. The van der Waals surface area contributed by atoms with Crippen molar-refractivity contribution in [2.24, 2.45) is 11.8 Å². The predicted octanol–water partition coefficient (Wildman–Crippen LogP) is 3.10. The minimum absolute atomic E-state index is 0.348. The van der Waals surface area contributed by atoms with Crippen molar-refractivity contribution < 1.29 is 4.79 Å². The van der Waals surface area contributed by atoms with Crippen LogP contribution in [0.15, 0.2) is 11.6 Å². The summed E-state index contributed by atoms with van der Waals surface area (Å²) in [6.07, 6.45) is 9.84. The zero-order chi connectivity index (χ0) is 9.26. The molecule has 0 saturated heterocycles. The molecule has 72 valence electrons. The molecule has 0 bridgehead atoms. The molecule has 2 aliphatic carbocycles. The first kappa shape index (κ1) is 8.98. The maximum atomic E-state index is 11.2. The van der Waals surface area contributed by atoms with E-state index in [1.165, 1.54) is 25.7 Å². The standard InChI is InChI=1S/C12H18O/c1-9(13)11-7-6-10-4-2-3-5-12(10)8-11/h5,10-11H,2-4,6-8H2,1H3. The number of hydrogen-bond acceptors (Lipinski definition) is 1. The fraction of sp³-hybridized carbons (Fsp3) is 0.750. The monoisotopic (exact) mass is 178 g/mol. The lowest BCUT2D eigenvalue weighted by Crippen LogP contribution is -2.23. The summed E-state index contributed by atoms with van der Waals surface area (Å²) >= 11 is 0. The van der Waals surface area contributed by atoms with Crippen molar-refractivity contribution in [2.45, 2.75) is 45.4 Å². The molecule has 2 atom stereocenters. The minimum Gasteiger partial charge on any atom is -0.300 e. The van der Waals surface area contributed by atoms with E-state index >= 15 is 0 Å². The van der Waals surface area contributed by atoms with Gasteiger partial charge >= 0.3 is 0 Å². The average Bonchev–Trinajstić information content (AvgIpc) is 2.17. The van der Waals surface area contributed by atoms with Crippen molar-refractivity contribution in [2.75, 3.05) is 0 Å². The van der Waals surface area contributed by atoms with Crippen molar-refractivity contribution in [3.8, 4) is 0 Å². The topological polar surface area (TPSA) is 17.1 Å². The van der Waals surface area contributed by atoms with E-state index in [1.807, 2.05) is 0 Å². The Bertz CT molecular complexity index is 240. The summed E-state index contributed by atoms with van der Waals surface area (Å²) in [6, 6.07) is 0. The Kier molecular flexibility index (Phi) is 2.52. The third kappa shape index (κ3) is 1.84. The third-order valence-electron chi connectivity index (χ3n) is 3.61. The maximum Gasteiger partial charge on any atom is 0.133 e. The lowest BCUT2D eigenvalue weighted by molar-refractivity contribution is -0.121. The van der Waals surface area contributed by atoms with Gasteiger partial charge in [0.25, 0.3) is 0 Å². The first-order valence-electron chi connectivity index (χ1n) is 5.46. The molecule has 0 radical (unpaired) electrons. The van der Waals surface area contributed by atoms with E-state index in [4.69, 9.17) is 0 Å². The van der Waals surface area contributed by atoms with Gasteiger partial charge in [-0.15, -0.1) is 0 Å². The molecule has 0 spiro atoms. The Hall–Kier alpha value is -0.590. The fourth-order valence-electron chi connectivity index (χ4n) is 2.72. The molecule has 0 aliphatic heterocycles. The Labute approximate surface area is 80.2 Å². The SMILES string of the molecule is CC(=O)C1CCC2CCCC=C2C1. The molecule has 0 N–H and O–H groups in total. The van der Waals surface area contributed by atoms with Gasteiger partial charge in [0, 0.05) is 5.92 Å². The highest BCUT2D eigenvalue weighted by Gasteiger charge is 2.28. The lowest BCUT2D eigenvalue weighted by atomic mass is 9.72. The number of carbonyl (C=O) groups is 1. The number of hydrogen-bond donors (Lipinski definition) is 0. The number of rotatable bonds is 1. The van der Waals surface area contributed by atoms with Crippen molar-refractivity contribution >= 4 is 5.78 Å². The summed E-state index contributed by atoms with van der Waals surface area (Å²) in [5, 5.41) is 0. The molecule has 0 aromatic carbocycles. The first-order chi connectivity index (χ1) is 6.27. The predicted molar refractivity (Wildman–Crippen MR) is 53.4 cm³/mol. The molecule has 2 aliphatic rings. The van der Waals surface area contributed by atoms with Crippen LogP contribution in [0.5, 0.6) is 0 Å². The summed E-state index contributed by atoms with van der Waals surface area (Å²) in [6.45, 7) is 1.74. The van der Waals surface area contributed by atoms with E-state index in [-0.39, 0.29) is 0 Å². The van der Waals surface area contributed by atoms with Gasteiger partial charge in [0.05, 0.1) is 0 Å². The number of carbonyl (C=O) groups excluding carboxylic acids is 1. The summed E-state index contributed by atoms with van der Waals surface area (Å²) in [7, 11) is 0. The molecule has 0 aromatic rings. The van der Waals surface area contributed by atoms with Crippen LogP contribution in [0.2, 0.25) is 0 Å². The molecule has 1 nitrogen and oxygen atoms in total. The van der Waals surface area contributed by atoms with Crippen LogP contribution in [0.3, 0.4) is 0 Å². The van der Waals surface area contributed by atoms with Gasteiger partial charge in [0.15, 0.2) is 0 Å². The van der Waals surface area contributed by atoms with Crippen LogP contribution in [-0.2, 0) is 4.79 Å². The lowest BCUT2D eigenvalue weighted by Gasteiger charge is -2.32. The first-order valence-corrected chi connectivity index (χ1v) is 5.46. The molecule has 2 rings (SSSR count). The van der Waals surface area contributed by atoms with E-state index < -0.39 is 0 Å². The van der Waals surface area contributed by atoms with Crippen molar-refractivity contribution in [1.29, 1.82) is 0 Å². The van der Waals surface area contributed by atoms with E-state index in [0.29, 0.717) is 11.7 Å². The van der Waals surface area contributed by atoms with Gasteiger partial charge in [-0.1, -0.05) is 11.6 Å². The van der Waals surface area contributed by atoms with Crippen LogP contribution in [0.4, 0.5) is 0 Å². The summed E-state index contributed by atoms with van der Waals surface area (Å²) in [5.74, 6) is 1.58. The summed E-state index contributed by atoms with van der Waals surface area (Å²) in [4.78, 5) is 11.2. The normalized spacial score (nSPS) is 33.5. The molecule has 0 heterocycles. The second kappa shape index (κ2) is 3.65. The van der Waals surface area contributed by atoms with Crippen LogP contribution in [0, 0.1) is 11.8 Å². The number of ketones is 1. The van der Waals surface area contributed by atoms with Crippen molar-refractivity contribution in [3.05, 3.63) is 11.6 Å². The summed E-state index contributed by atoms with van der Waals surface area (Å²) < 4.78 is 0. The van der Waals surface area contributed by atoms with Crippen LogP contribution in [-0.4, -0.2) is 5.78 Å². The molecule has 13 heavy (non-hydrogen) atoms. The van der Waals surface area contributed by atoms with Gasteiger partial charge < -0.3 is 0 Å². The molecule has 1 heteroatoms. The molecule has 1 saturated carbocycles. The second-order valence-corrected chi connectivity index (χ2v) is 4.50. The molecule has 0 amide bonds. The fourth-order valence-corrected chi connectivity index (χ4v) is 2.72. The van der Waals surface area contributed by atoms with Gasteiger partial charge in [-0.05, 0) is 51.4 Å². The van der Waals surface area contributed by atoms with Crippen LogP contribution in [0.1, 0.15) is 45.4 Å². The van der Waals surface area contributed by atoms with Gasteiger partial charge in [-0.3, -0.25) is 4.79 Å². The number of fused-ring (bicyclic) bond motifs is 1. The van der Waals surface area contributed by atoms with E-state index in [0.717, 1.165) is 18.8 Å². The van der Waals surface area contributed by atoms with Gasteiger partial charge in [-0.25, -0.2) is 0 Å². The number of allylic oxidation sites excluding steroid dienone is 2. The average molecular weight is 178 g/mol. The quantitative estimate of drug-likeness (QED) is 0.564. The Morgan fingerprint density at radius 1 is 1.38 bits per heavy atom. The highest BCUT2D eigenvalue weighted by molar-refractivity contribution is 5.78. The molecule has 2 unspecified atom stereocenters. The Morgan fingerprint density at radius 3 is 3.00 bits per heavy atom. The highest BCUT2D eigenvalue weighted by Crippen LogP contribution is 2.39. The second-order valence-electron chi connectivity index (χ2n) is 4.50. The van der Waals surface area contributed by atoms with Crippen LogP contribution in [0.25, 0.3) is 0 Å². The highest BCUT2D eigenvalue weighted by atomic mass is 16.1. The Morgan fingerprint density at radius 2 is 2.23 bits per heavy atom. The van der Waals surface area contributed by atoms with Crippen molar-refractivity contribution in [1.82, 2.24) is 0 Å². The van der Waals surface area contributed by atoms with Crippen LogP contribution >= 0.6 is 0 Å². The smallest absolute Gasteiger partial charge is 0.133 e. The Balaban J connectivity index is 2.06. The van der Waals surface area contributed by atoms with Crippen LogP contribution < -0.4 is 0 Å². The third-order valence-corrected chi connectivity index (χ3v) is 3.61. The molecular formula is C12H18O. The zero-order valence-electron chi connectivity index (χ0n) is 8.38. The van der Waals surface area contributed by atoms with Gasteiger partial charge in [0.2, 0.25) is 0 Å². The van der Waals surface area contributed by atoms with Crippen molar-refractivity contribution in [3.63, 3.8) is 0 Å². The molecule has 1 fully saturated rings. The number of Topliss-reactive ketones (excluding diaryl/α,β-unsaturated/α-hetero) is 1. The van der Waals surface area contributed by atoms with Gasteiger partial charge in [0.1, 0.15) is 5.78 Å². The zero-order valence-corrected chi connectivity index (χ0v) is 8.38. The molecular weight excluding hydrogens is 160 g/mol. The minimum atomic E-state index is 0.348. The molecule has 0 aromatic heterocycles. The van der Waals surface area contributed by atoms with E-state index in [2.05, 4.69) is 6.08 Å². The van der Waals surface area contributed by atoms with Gasteiger partial charge in [-0.2, -0.15) is 0 Å². The van der Waals surface area contributed by atoms with E-state index in [9.17, 15) is 4.79 Å².